The fourth-order valence-electron chi connectivity index (χ4n) is 4.22. The van der Waals surface area contributed by atoms with Crippen LogP contribution in [0.3, 0.4) is 0 Å². The van der Waals surface area contributed by atoms with Gasteiger partial charge in [-0.2, -0.15) is 0 Å². The van der Waals surface area contributed by atoms with E-state index in [1.54, 1.807) is 24.3 Å². The minimum Gasteiger partial charge on any atom is -0.347 e. The zero-order valence-corrected chi connectivity index (χ0v) is 18.5. The average Bonchev–Trinajstić information content (AvgIpc) is 2.77. The molecule has 1 aliphatic heterocycles. The van der Waals surface area contributed by atoms with E-state index in [-0.39, 0.29) is 35.1 Å². The van der Waals surface area contributed by atoms with Gasteiger partial charge in [0.2, 0.25) is 21.8 Å². The van der Waals surface area contributed by atoms with E-state index in [2.05, 4.69) is 10.0 Å². The van der Waals surface area contributed by atoms with Gasteiger partial charge in [0.15, 0.2) is 0 Å². The molecule has 0 atom stereocenters. The second-order valence-electron chi connectivity index (χ2n) is 8.54. The quantitative estimate of drug-likeness (QED) is 0.686. The van der Waals surface area contributed by atoms with Gasteiger partial charge in [-0.15, -0.1) is 0 Å². The number of rotatable bonds is 7. The SMILES string of the molecule is Cc1ccc(S(=O)(=O)NCC2CCC(C(=O)NCC(=O)N3CCCCC3)CC2)cc1. The van der Waals surface area contributed by atoms with E-state index in [0.29, 0.717) is 6.54 Å². The van der Waals surface area contributed by atoms with Gasteiger partial charge < -0.3 is 10.2 Å². The Morgan fingerprint density at radius 3 is 2.27 bits per heavy atom. The third kappa shape index (κ3) is 6.28. The van der Waals surface area contributed by atoms with E-state index in [4.69, 9.17) is 0 Å². The summed E-state index contributed by atoms with van der Waals surface area (Å²) in [4.78, 5) is 26.7. The second-order valence-corrected chi connectivity index (χ2v) is 10.3. The molecule has 0 bridgehead atoms. The highest BCUT2D eigenvalue weighted by Crippen LogP contribution is 2.29. The minimum atomic E-state index is -3.51. The summed E-state index contributed by atoms with van der Waals surface area (Å²) < 4.78 is 27.6. The van der Waals surface area contributed by atoms with Crippen molar-refractivity contribution in [2.75, 3.05) is 26.2 Å². The first-order valence-electron chi connectivity index (χ1n) is 11.0. The van der Waals surface area contributed by atoms with E-state index in [0.717, 1.165) is 57.2 Å². The lowest BCUT2D eigenvalue weighted by Gasteiger charge is -2.29. The molecule has 1 saturated carbocycles. The Morgan fingerprint density at radius 2 is 1.63 bits per heavy atom. The summed E-state index contributed by atoms with van der Waals surface area (Å²) in [5.74, 6) is 0.0784. The van der Waals surface area contributed by atoms with Crippen LogP contribution in [0.4, 0.5) is 0 Å². The number of carbonyl (C=O) groups excluding carboxylic acids is 2. The first-order valence-corrected chi connectivity index (χ1v) is 12.5. The minimum absolute atomic E-state index is 0.00208. The Morgan fingerprint density at radius 1 is 1.00 bits per heavy atom. The van der Waals surface area contributed by atoms with Gasteiger partial charge in [0.05, 0.1) is 11.4 Å². The fourth-order valence-corrected chi connectivity index (χ4v) is 5.34. The molecule has 8 heteroatoms. The number of hydrogen-bond acceptors (Lipinski definition) is 4. The summed E-state index contributed by atoms with van der Waals surface area (Å²) >= 11 is 0. The smallest absolute Gasteiger partial charge is 0.241 e. The van der Waals surface area contributed by atoms with E-state index >= 15 is 0 Å². The van der Waals surface area contributed by atoms with Crippen LogP contribution in [0.2, 0.25) is 0 Å². The van der Waals surface area contributed by atoms with Gasteiger partial charge in [0.1, 0.15) is 0 Å². The van der Waals surface area contributed by atoms with Crippen molar-refractivity contribution in [2.24, 2.45) is 11.8 Å². The summed E-state index contributed by atoms with van der Waals surface area (Å²) in [5, 5.41) is 2.80. The summed E-state index contributed by atoms with van der Waals surface area (Å²) in [6.45, 7) is 3.96. The van der Waals surface area contributed by atoms with Crippen LogP contribution in [-0.2, 0) is 19.6 Å². The normalized spacial score (nSPS) is 22.5. The molecule has 0 radical (unpaired) electrons. The largest absolute Gasteiger partial charge is 0.347 e. The van der Waals surface area contributed by atoms with Gasteiger partial charge in [-0.3, -0.25) is 9.59 Å². The summed E-state index contributed by atoms with van der Waals surface area (Å²) in [6.07, 6.45) is 6.29. The van der Waals surface area contributed by atoms with Crippen molar-refractivity contribution < 1.29 is 18.0 Å². The number of amides is 2. The van der Waals surface area contributed by atoms with Crippen LogP contribution >= 0.6 is 0 Å². The lowest BCUT2D eigenvalue weighted by molar-refractivity contribution is -0.134. The van der Waals surface area contributed by atoms with Crippen LogP contribution in [0.15, 0.2) is 29.2 Å². The molecule has 3 rings (SSSR count). The lowest BCUT2D eigenvalue weighted by Crippen LogP contribution is -2.44. The van der Waals surface area contributed by atoms with Gasteiger partial charge in [0.25, 0.3) is 0 Å². The summed E-state index contributed by atoms with van der Waals surface area (Å²) in [6, 6.07) is 6.80. The average molecular weight is 436 g/mol. The zero-order chi connectivity index (χ0) is 21.6. The fraction of sp³-hybridized carbons (Fsp3) is 0.636. The van der Waals surface area contributed by atoms with Crippen molar-refractivity contribution in [2.45, 2.75) is 56.8 Å². The standard InChI is InChI=1S/C22H33N3O4S/c1-17-5-11-20(12-6-17)30(28,29)24-15-18-7-9-19(10-8-18)22(27)23-16-21(26)25-13-3-2-4-14-25/h5-6,11-12,18-19,24H,2-4,7-10,13-16H2,1H3,(H,23,27). The van der Waals surface area contributed by atoms with Crippen LogP contribution in [0.1, 0.15) is 50.5 Å². The Bertz CT molecular complexity index is 824. The van der Waals surface area contributed by atoms with Crippen molar-refractivity contribution in [3.05, 3.63) is 29.8 Å². The molecule has 2 fully saturated rings. The van der Waals surface area contributed by atoms with Gasteiger partial charge in [-0.1, -0.05) is 17.7 Å². The number of nitrogens with one attached hydrogen (secondary N) is 2. The highest BCUT2D eigenvalue weighted by Gasteiger charge is 2.28. The molecule has 2 N–H and O–H groups in total. The number of likely N-dealkylation sites (tertiary alicyclic amines) is 1. The number of piperidine rings is 1. The van der Waals surface area contributed by atoms with Crippen LogP contribution in [0, 0.1) is 18.8 Å². The van der Waals surface area contributed by atoms with E-state index in [1.807, 2.05) is 11.8 Å². The maximum atomic E-state index is 12.4. The molecule has 0 aromatic heterocycles. The first-order chi connectivity index (χ1) is 14.3. The molecule has 30 heavy (non-hydrogen) atoms. The number of benzene rings is 1. The van der Waals surface area contributed by atoms with Crippen LogP contribution in [0.5, 0.6) is 0 Å². The highest BCUT2D eigenvalue weighted by atomic mass is 32.2. The number of hydrogen-bond donors (Lipinski definition) is 2. The molecule has 2 aliphatic rings. The summed E-state index contributed by atoms with van der Waals surface area (Å²) in [7, 11) is -3.51. The number of aryl methyl sites for hydroxylation is 1. The lowest BCUT2D eigenvalue weighted by atomic mass is 9.81. The first kappa shape index (κ1) is 22.7. The number of sulfonamides is 1. The molecule has 7 nitrogen and oxygen atoms in total. The Labute approximate surface area is 179 Å². The van der Waals surface area contributed by atoms with Crippen LogP contribution < -0.4 is 10.0 Å². The van der Waals surface area contributed by atoms with Crippen molar-refractivity contribution in [1.29, 1.82) is 0 Å². The predicted molar refractivity (Wildman–Crippen MR) is 115 cm³/mol. The van der Waals surface area contributed by atoms with Crippen molar-refractivity contribution in [3.8, 4) is 0 Å². The molecule has 166 valence electrons. The molecule has 1 aromatic carbocycles. The third-order valence-electron chi connectivity index (χ3n) is 6.23. The predicted octanol–water partition coefficient (Wildman–Crippen LogP) is 2.21. The molecular weight excluding hydrogens is 402 g/mol. The van der Waals surface area contributed by atoms with Gasteiger partial charge >= 0.3 is 0 Å². The Kier molecular flexibility index (Phi) is 7.88. The van der Waals surface area contributed by atoms with Gasteiger partial charge in [-0.05, 0) is 69.9 Å². The Hall–Kier alpha value is -1.93. The molecular formula is C22H33N3O4S. The molecule has 1 heterocycles. The van der Waals surface area contributed by atoms with Crippen molar-refractivity contribution >= 4 is 21.8 Å². The topological polar surface area (TPSA) is 95.6 Å². The molecule has 1 aromatic rings. The maximum absolute atomic E-state index is 12.4. The second kappa shape index (κ2) is 10.4. The Balaban J connectivity index is 1.38. The molecule has 2 amide bonds. The van der Waals surface area contributed by atoms with E-state index in [9.17, 15) is 18.0 Å². The van der Waals surface area contributed by atoms with Crippen molar-refractivity contribution in [1.82, 2.24) is 14.9 Å². The molecule has 0 spiro atoms. The van der Waals surface area contributed by atoms with Gasteiger partial charge in [-0.25, -0.2) is 13.1 Å². The summed E-state index contributed by atoms with van der Waals surface area (Å²) in [5.41, 5.74) is 1.02. The molecule has 1 saturated heterocycles. The number of carbonyl (C=O) groups is 2. The van der Waals surface area contributed by atoms with Crippen LogP contribution in [0.25, 0.3) is 0 Å². The molecule has 1 aliphatic carbocycles. The van der Waals surface area contributed by atoms with E-state index < -0.39 is 10.0 Å². The van der Waals surface area contributed by atoms with E-state index in [1.165, 1.54) is 6.42 Å². The number of nitrogens with zero attached hydrogens (tertiary/aromatic N) is 1. The highest BCUT2D eigenvalue weighted by molar-refractivity contribution is 7.89. The van der Waals surface area contributed by atoms with Crippen molar-refractivity contribution in [3.63, 3.8) is 0 Å². The zero-order valence-electron chi connectivity index (χ0n) is 17.7. The maximum Gasteiger partial charge on any atom is 0.241 e. The monoisotopic (exact) mass is 435 g/mol. The molecule has 0 unspecified atom stereocenters. The third-order valence-corrected chi connectivity index (χ3v) is 7.67. The van der Waals surface area contributed by atoms with Crippen LogP contribution in [-0.4, -0.2) is 51.3 Å². The van der Waals surface area contributed by atoms with Gasteiger partial charge in [0, 0.05) is 25.6 Å².